The Morgan fingerprint density at radius 2 is 0.462 bits per heavy atom. The number of rotatable bonds is 82. The number of carbonyl (C=O) groups excluding carboxylic acids is 4. The third-order valence-corrected chi connectivity index (χ3v) is 22.4. The predicted molar refractivity (Wildman–Crippen MR) is 428 cm³/mol. The Hall–Kier alpha value is -1.94. The van der Waals surface area contributed by atoms with Gasteiger partial charge in [-0.1, -0.05) is 389 Å². The van der Waals surface area contributed by atoms with E-state index in [4.69, 9.17) is 37.0 Å². The van der Waals surface area contributed by atoms with Gasteiger partial charge in [0.05, 0.1) is 26.4 Å². The zero-order chi connectivity index (χ0) is 76.7. The van der Waals surface area contributed by atoms with E-state index in [2.05, 4.69) is 55.4 Å². The van der Waals surface area contributed by atoms with Crippen molar-refractivity contribution >= 4 is 39.5 Å². The van der Waals surface area contributed by atoms with Crippen LogP contribution in [0.5, 0.6) is 0 Å². The summed E-state index contributed by atoms with van der Waals surface area (Å²) in [6.45, 7) is 14.3. The minimum absolute atomic E-state index is 0.107. The fourth-order valence-corrected chi connectivity index (χ4v) is 14.7. The lowest BCUT2D eigenvalue weighted by molar-refractivity contribution is -0.161. The predicted octanol–water partition coefficient (Wildman–Crippen LogP) is 25.6. The molecule has 104 heavy (non-hydrogen) atoms. The van der Waals surface area contributed by atoms with E-state index in [9.17, 15) is 43.2 Å². The van der Waals surface area contributed by atoms with Gasteiger partial charge in [0, 0.05) is 25.7 Å². The Bertz CT molecular complexity index is 2030. The SMILES string of the molecule is CCC(C)CCCCCCCCCCC(=O)OC[C@H](COP(=O)(O)OC[C@@H](O)COP(=O)(O)OC[C@@H](COC(=O)CCCCCCCCC(C)CC)OC(=O)CCCCCCCCCCCCCCCCCCCCC(C)C)OC(=O)CCCCCCCCCCCCCCCCCCCCC(C)C. The minimum atomic E-state index is -4.96. The smallest absolute Gasteiger partial charge is 0.462 e. The Morgan fingerprint density at radius 3 is 0.683 bits per heavy atom. The summed E-state index contributed by atoms with van der Waals surface area (Å²) in [5.41, 5.74) is 0. The van der Waals surface area contributed by atoms with Crippen LogP contribution < -0.4 is 0 Å². The number of hydrogen-bond donors (Lipinski definition) is 3. The van der Waals surface area contributed by atoms with E-state index in [-0.39, 0.29) is 25.7 Å². The van der Waals surface area contributed by atoms with Crippen molar-refractivity contribution in [3.63, 3.8) is 0 Å². The molecule has 0 saturated heterocycles. The zero-order valence-electron chi connectivity index (χ0n) is 68.7. The minimum Gasteiger partial charge on any atom is -0.462 e. The Balaban J connectivity index is 5.18. The van der Waals surface area contributed by atoms with Crippen LogP contribution in [0.2, 0.25) is 0 Å². The molecule has 0 aromatic carbocycles. The van der Waals surface area contributed by atoms with Crippen LogP contribution in [0, 0.1) is 23.7 Å². The van der Waals surface area contributed by atoms with Gasteiger partial charge in [0.15, 0.2) is 12.2 Å². The van der Waals surface area contributed by atoms with Crippen molar-refractivity contribution in [1.29, 1.82) is 0 Å². The van der Waals surface area contributed by atoms with Crippen LogP contribution in [-0.2, 0) is 65.4 Å². The summed E-state index contributed by atoms with van der Waals surface area (Å²) in [4.78, 5) is 73.1. The average Bonchev–Trinajstić information content (AvgIpc) is 0.910. The molecule has 0 aromatic rings. The number of phosphoric acid groups is 2. The van der Waals surface area contributed by atoms with Gasteiger partial charge in [0.1, 0.15) is 19.3 Å². The van der Waals surface area contributed by atoms with Gasteiger partial charge >= 0.3 is 39.5 Å². The summed E-state index contributed by atoms with van der Waals surface area (Å²) in [5.74, 6) is 1.04. The van der Waals surface area contributed by atoms with E-state index >= 15 is 0 Å². The van der Waals surface area contributed by atoms with Crippen LogP contribution in [0.1, 0.15) is 441 Å². The maximum absolute atomic E-state index is 13.1. The first-order chi connectivity index (χ1) is 50.2. The topological polar surface area (TPSA) is 237 Å². The highest BCUT2D eigenvalue weighted by molar-refractivity contribution is 7.47. The maximum Gasteiger partial charge on any atom is 0.472 e. The van der Waals surface area contributed by atoms with E-state index in [1.165, 1.54) is 238 Å². The molecule has 0 bridgehead atoms. The van der Waals surface area contributed by atoms with E-state index in [0.717, 1.165) is 120 Å². The summed E-state index contributed by atoms with van der Waals surface area (Å²) in [6, 6.07) is 0. The normalized spacial score (nSPS) is 14.5. The molecule has 0 aromatic heterocycles. The molecule has 19 heteroatoms. The number of aliphatic hydroxyl groups excluding tert-OH is 1. The van der Waals surface area contributed by atoms with Gasteiger partial charge in [-0.2, -0.15) is 0 Å². The van der Waals surface area contributed by atoms with Crippen molar-refractivity contribution in [2.45, 2.75) is 459 Å². The molecule has 17 nitrogen and oxygen atoms in total. The standard InChI is InChI=1S/C85H166O17P2/c1-9-77(7)63-55-47-39-35-36-40-49-57-65-82(87)95-71-80(101-84(89)67-59-51-41-33-29-25-21-17-13-11-15-19-23-27-31-37-45-53-61-75(3)4)73-99-103(91,92)97-69-79(86)70-98-104(93,94)100-74-81(72-96-83(88)66-58-50-44-43-48-56-64-78(8)10-2)102-85(90)68-60-52-42-34-30-26-22-18-14-12-16-20-24-28-32-38-46-54-62-76(5)6/h75-81,86H,9-74H2,1-8H3,(H,91,92)(H,93,94)/t77?,78?,79-,80-,81-/m1/s1. The van der Waals surface area contributed by atoms with Gasteiger partial charge in [-0.25, -0.2) is 9.13 Å². The number of unbranched alkanes of at least 4 members (excludes halogenated alkanes) is 46. The molecule has 4 unspecified atom stereocenters. The van der Waals surface area contributed by atoms with Gasteiger partial charge in [-0.3, -0.25) is 37.3 Å². The third-order valence-electron chi connectivity index (χ3n) is 20.5. The largest absolute Gasteiger partial charge is 0.472 e. The number of hydrogen-bond acceptors (Lipinski definition) is 15. The first kappa shape index (κ1) is 102. The van der Waals surface area contributed by atoms with Gasteiger partial charge in [0.2, 0.25) is 0 Å². The fraction of sp³-hybridized carbons (Fsp3) is 0.953. The molecule has 0 heterocycles. The van der Waals surface area contributed by atoms with Crippen molar-refractivity contribution in [1.82, 2.24) is 0 Å². The molecule has 0 aliphatic carbocycles. The summed E-state index contributed by atoms with van der Waals surface area (Å²) in [7, 11) is -9.93. The summed E-state index contributed by atoms with van der Waals surface area (Å²) in [5, 5.41) is 10.7. The molecule has 0 saturated carbocycles. The van der Waals surface area contributed by atoms with Crippen LogP contribution in [0.15, 0.2) is 0 Å². The highest BCUT2D eigenvalue weighted by Crippen LogP contribution is 2.45. The lowest BCUT2D eigenvalue weighted by Gasteiger charge is -2.21. The van der Waals surface area contributed by atoms with Crippen molar-refractivity contribution < 1.29 is 80.2 Å². The molecule has 0 amide bonds. The van der Waals surface area contributed by atoms with Crippen LogP contribution >= 0.6 is 15.6 Å². The molecular formula is C85H166O17P2. The molecule has 0 rings (SSSR count). The molecule has 3 N–H and O–H groups in total. The lowest BCUT2D eigenvalue weighted by Crippen LogP contribution is -2.30. The second-order valence-corrected chi connectivity index (χ2v) is 34.9. The molecule has 7 atom stereocenters. The maximum atomic E-state index is 13.1. The Labute approximate surface area is 638 Å². The average molecular weight is 1520 g/mol. The quantitative estimate of drug-likeness (QED) is 0.0222. The monoisotopic (exact) mass is 1520 g/mol. The third kappa shape index (κ3) is 75.5. The van der Waals surface area contributed by atoms with Crippen molar-refractivity contribution in [2.24, 2.45) is 23.7 Å². The molecule has 0 radical (unpaired) electrons. The molecule has 0 spiro atoms. The van der Waals surface area contributed by atoms with E-state index in [0.29, 0.717) is 25.7 Å². The molecule has 0 aliphatic rings. The first-order valence-corrected chi connectivity index (χ1v) is 46.8. The highest BCUT2D eigenvalue weighted by atomic mass is 31.2. The summed E-state index contributed by atoms with van der Waals surface area (Å²) < 4.78 is 68.8. The van der Waals surface area contributed by atoms with Crippen molar-refractivity contribution in [3.05, 3.63) is 0 Å². The van der Waals surface area contributed by atoms with Crippen LogP contribution in [-0.4, -0.2) is 96.7 Å². The second-order valence-electron chi connectivity index (χ2n) is 32.0. The van der Waals surface area contributed by atoms with Crippen molar-refractivity contribution in [3.8, 4) is 0 Å². The van der Waals surface area contributed by atoms with E-state index < -0.39 is 97.5 Å². The zero-order valence-corrected chi connectivity index (χ0v) is 70.5. The first-order valence-electron chi connectivity index (χ1n) is 43.8. The summed E-state index contributed by atoms with van der Waals surface area (Å²) >= 11 is 0. The number of ether oxygens (including phenoxy) is 4. The van der Waals surface area contributed by atoms with Gasteiger partial charge in [-0.05, 0) is 49.4 Å². The number of aliphatic hydroxyl groups is 1. The number of carbonyl (C=O) groups is 4. The van der Waals surface area contributed by atoms with Gasteiger partial charge < -0.3 is 33.8 Å². The Kier molecular flexibility index (Phi) is 72.5. The van der Waals surface area contributed by atoms with Gasteiger partial charge in [0.25, 0.3) is 0 Å². The van der Waals surface area contributed by atoms with Crippen LogP contribution in [0.3, 0.4) is 0 Å². The fourth-order valence-electron chi connectivity index (χ4n) is 13.1. The molecule has 0 aliphatic heterocycles. The summed E-state index contributed by atoms with van der Waals surface area (Å²) in [6.07, 6.45) is 62.6. The van der Waals surface area contributed by atoms with Crippen molar-refractivity contribution in [2.75, 3.05) is 39.6 Å². The molecule has 0 fully saturated rings. The van der Waals surface area contributed by atoms with Crippen LogP contribution in [0.4, 0.5) is 0 Å². The Morgan fingerprint density at radius 1 is 0.269 bits per heavy atom. The number of phosphoric ester groups is 2. The molecule has 618 valence electrons. The molecular weight excluding hydrogens is 1350 g/mol. The van der Waals surface area contributed by atoms with E-state index in [1.807, 2.05) is 0 Å². The number of esters is 4. The van der Waals surface area contributed by atoms with Crippen LogP contribution in [0.25, 0.3) is 0 Å². The van der Waals surface area contributed by atoms with E-state index in [1.54, 1.807) is 0 Å². The van der Waals surface area contributed by atoms with Gasteiger partial charge in [-0.15, -0.1) is 0 Å². The highest BCUT2D eigenvalue weighted by Gasteiger charge is 2.30. The lowest BCUT2D eigenvalue weighted by atomic mass is 9.99. The second kappa shape index (κ2) is 73.8.